The van der Waals surface area contributed by atoms with E-state index in [1.165, 1.54) is 11.3 Å². The van der Waals surface area contributed by atoms with Crippen molar-refractivity contribution in [1.82, 2.24) is 0 Å². The molecule has 0 aliphatic carbocycles. The molecular weight excluding hydrogens is 404 g/mol. The van der Waals surface area contributed by atoms with Gasteiger partial charge in [-0.3, -0.25) is 0 Å². The van der Waals surface area contributed by atoms with E-state index < -0.39 is 8.32 Å². The van der Waals surface area contributed by atoms with E-state index in [0.717, 1.165) is 20.4 Å². The van der Waals surface area contributed by atoms with Crippen LogP contribution in [0.2, 0.25) is 0 Å². The maximum absolute atomic E-state index is 9.39. The second-order valence-electron chi connectivity index (χ2n) is 6.82. The molecule has 0 radical (unpaired) electrons. The summed E-state index contributed by atoms with van der Waals surface area (Å²) in [5.41, 5.74) is 1.33. The van der Waals surface area contributed by atoms with Crippen LogP contribution in [0.25, 0.3) is 0 Å². The van der Waals surface area contributed by atoms with Gasteiger partial charge in [-0.1, -0.05) is 91.0 Å². The number of rotatable bonds is 6. The molecule has 0 fully saturated rings. The SMILES string of the molecule is C/C(=N\O[Si](c1ccccc1)(c1ccccc1)c1ccccc1)c1sccc1C#N. The van der Waals surface area contributed by atoms with Gasteiger partial charge < -0.3 is 4.53 Å². The summed E-state index contributed by atoms with van der Waals surface area (Å²) in [5, 5.41) is 19.3. The van der Waals surface area contributed by atoms with Crippen LogP contribution < -0.4 is 15.6 Å². The van der Waals surface area contributed by atoms with Gasteiger partial charge in [0.2, 0.25) is 0 Å². The van der Waals surface area contributed by atoms with Crippen LogP contribution in [-0.4, -0.2) is 14.0 Å². The third kappa shape index (κ3) is 3.71. The molecule has 0 saturated carbocycles. The van der Waals surface area contributed by atoms with E-state index >= 15 is 0 Å². The molecule has 4 rings (SSSR count). The minimum atomic E-state index is -2.89. The Morgan fingerprint density at radius 3 is 1.70 bits per heavy atom. The molecule has 0 aliphatic heterocycles. The number of hydrogen-bond acceptors (Lipinski definition) is 4. The van der Waals surface area contributed by atoms with Crippen molar-refractivity contribution in [2.75, 3.05) is 0 Å². The van der Waals surface area contributed by atoms with Crippen LogP contribution in [0.3, 0.4) is 0 Å². The molecule has 1 heterocycles. The molecule has 4 aromatic rings. The maximum Gasteiger partial charge on any atom is 0.380 e. The average Bonchev–Trinajstić information content (AvgIpc) is 3.31. The second kappa shape index (κ2) is 8.91. The molecule has 1 aromatic heterocycles. The first kappa shape index (κ1) is 19.8. The molecule has 5 heteroatoms. The Morgan fingerprint density at radius 2 is 1.27 bits per heavy atom. The molecule has 146 valence electrons. The highest BCUT2D eigenvalue weighted by molar-refractivity contribution is 7.12. The topological polar surface area (TPSA) is 45.4 Å². The van der Waals surface area contributed by atoms with E-state index in [-0.39, 0.29) is 0 Å². The highest BCUT2D eigenvalue weighted by atomic mass is 32.1. The van der Waals surface area contributed by atoms with E-state index in [0.29, 0.717) is 11.3 Å². The summed E-state index contributed by atoms with van der Waals surface area (Å²) in [5.74, 6) is 0. The fraction of sp³-hybridized carbons (Fsp3) is 0.0400. The summed E-state index contributed by atoms with van der Waals surface area (Å²) in [6, 6.07) is 35.0. The Balaban J connectivity index is 1.91. The van der Waals surface area contributed by atoms with Gasteiger partial charge in [-0.05, 0) is 33.9 Å². The quantitative estimate of drug-likeness (QED) is 0.203. The first-order valence-electron chi connectivity index (χ1n) is 9.63. The number of thiophene rings is 1. The van der Waals surface area contributed by atoms with Gasteiger partial charge in [-0.25, -0.2) is 0 Å². The molecule has 0 atom stereocenters. The predicted octanol–water partition coefficient (Wildman–Crippen LogP) is 4.03. The molecule has 0 bridgehead atoms. The van der Waals surface area contributed by atoms with Crippen LogP contribution in [0.15, 0.2) is 108 Å². The van der Waals surface area contributed by atoms with Crippen LogP contribution in [0.1, 0.15) is 17.4 Å². The molecule has 0 N–H and O–H groups in total. The van der Waals surface area contributed by atoms with Crippen LogP contribution in [-0.2, 0) is 4.53 Å². The maximum atomic E-state index is 9.39. The highest BCUT2D eigenvalue weighted by Crippen LogP contribution is 2.18. The number of oxime groups is 1. The van der Waals surface area contributed by atoms with Crippen molar-refractivity contribution in [2.45, 2.75) is 6.92 Å². The third-order valence-electron chi connectivity index (χ3n) is 4.97. The van der Waals surface area contributed by atoms with E-state index in [1.807, 2.05) is 73.0 Å². The zero-order valence-electron chi connectivity index (χ0n) is 16.5. The Morgan fingerprint density at radius 1 is 0.800 bits per heavy atom. The monoisotopic (exact) mass is 424 g/mol. The van der Waals surface area contributed by atoms with Gasteiger partial charge in [0.1, 0.15) is 6.07 Å². The summed E-state index contributed by atoms with van der Waals surface area (Å²) in [7, 11) is -2.89. The molecule has 3 nitrogen and oxygen atoms in total. The average molecular weight is 425 g/mol. The lowest BCUT2D eigenvalue weighted by molar-refractivity contribution is 0.349. The molecule has 0 spiro atoms. The van der Waals surface area contributed by atoms with Gasteiger partial charge in [0.05, 0.1) is 16.2 Å². The molecule has 0 unspecified atom stereocenters. The van der Waals surface area contributed by atoms with Crippen molar-refractivity contribution < 1.29 is 4.53 Å². The Labute approximate surface area is 181 Å². The third-order valence-corrected chi connectivity index (χ3v) is 9.80. The fourth-order valence-electron chi connectivity index (χ4n) is 3.53. The number of nitriles is 1. The van der Waals surface area contributed by atoms with Crippen LogP contribution in [0, 0.1) is 11.3 Å². The fourth-order valence-corrected chi connectivity index (χ4v) is 7.90. The largest absolute Gasteiger partial charge is 0.438 e. The summed E-state index contributed by atoms with van der Waals surface area (Å²) < 4.78 is 6.60. The lowest BCUT2D eigenvalue weighted by Crippen LogP contribution is -2.68. The summed E-state index contributed by atoms with van der Waals surface area (Å²) in [6.07, 6.45) is 0. The lowest BCUT2D eigenvalue weighted by Gasteiger charge is -2.30. The van der Waals surface area contributed by atoms with Gasteiger partial charge in [-0.2, -0.15) is 5.26 Å². The molecule has 0 saturated heterocycles. The number of hydrogen-bond donors (Lipinski definition) is 0. The first-order valence-corrected chi connectivity index (χ1v) is 12.4. The molecule has 0 amide bonds. The van der Waals surface area contributed by atoms with Crippen molar-refractivity contribution >= 4 is 40.9 Å². The van der Waals surface area contributed by atoms with Crippen molar-refractivity contribution in [3.05, 3.63) is 113 Å². The molecule has 3 aromatic carbocycles. The molecule has 0 aliphatic rings. The zero-order chi connectivity index (χ0) is 20.8. The van der Waals surface area contributed by atoms with Crippen molar-refractivity contribution in [3.8, 4) is 6.07 Å². The van der Waals surface area contributed by atoms with E-state index in [9.17, 15) is 5.26 Å². The lowest BCUT2D eigenvalue weighted by atomic mass is 10.2. The molecular formula is C25H20N2OSSi. The smallest absolute Gasteiger partial charge is 0.380 e. The van der Waals surface area contributed by atoms with Gasteiger partial charge >= 0.3 is 8.32 Å². The van der Waals surface area contributed by atoms with Crippen molar-refractivity contribution in [2.24, 2.45) is 5.16 Å². The summed E-state index contributed by atoms with van der Waals surface area (Å²) >= 11 is 1.50. The minimum Gasteiger partial charge on any atom is -0.438 e. The standard InChI is InChI=1S/C25H20N2OSSi/c1-20(25-21(19-26)17-18-29-25)27-28-30(22-11-5-2-6-12-22,23-13-7-3-8-14-23)24-15-9-4-10-16-24/h2-18H,1H3/b27-20+. The number of nitrogens with zero attached hydrogens (tertiary/aromatic N) is 2. The number of benzene rings is 3. The molecule has 30 heavy (non-hydrogen) atoms. The van der Waals surface area contributed by atoms with Gasteiger partial charge in [0.15, 0.2) is 0 Å². The Bertz CT molecular complexity index is 1090. The van der Waals surface area contributed by atoms with E-state index in [1.54, 1.807) is 0 Å². The van der Waals surface area contributed by atoms with Crippen LogP contribution in [0.4, 0.5) is 0 Å². The first-order chi connectivity index (χ1) is 14.8. The van der Waals surface area contributed by atoms with E-state index in [4.69, 9.17) is 4.53 Å². The van der Waals surface area contributed by atoms with Crippen molar-refractivity contribution in [3.63, 3.8) is 0 Å². The minimum absolute atomic E-state index is 0.622. The summed E-state index contributed by atoms with van der Waals surface area (Å²) in [4.78, 5) is 0.842. The van der Waals surface area contributed by atoms with E-state index in [2.05, 4.69) is 47.6 Å². The zero-order valence-corrected chi connectivity index (χ0v) is 18.3. The normalized spacial score (nSPS) is 11.7. The van der Waals surface area contributed by atoms with Crippen LogP contribution in [0.5, 0.6) is 0 Å². The van der Waals surface area contributed by atoms with Gasteiger partial charge in [0.25, 0.3) is 0 Å². The Hall–Kier alpha value is -3.46. The van der Waals surface area contributed by atoms with Crippen molar-refractivity contribution in [1.29, 1.82) is 5.26 Å². The Kier molecular flexibility index (Phi) is 5.89. The second-order valence-corrected chi connectivity index (χ2v) is 11.0. The highest BCUT2D eigenvalue weighted by Gasteiger charge is 2.45. The predicted molar refractivity (Wildman–Crippen MR) is 126 cm³/mol. The van der Waals surface area contributed by atoms with Gasteiger partial charge in [-0.15, -0.1) is 16.5 Å². The summed E-state index contributed by atoms with van der Waals surface area (Å²) in [6.45, 7) is 1.90. The van der Waals surface area contributed by atoms with Gasteiger partial charge in [0, 0.05) is 0 Å². The van der Waals surface area contributed by atoms with Crippen LogP contribution >= 0.6 is 11.3 Å².